The van der Waals surface area contributed by atoms with E-state index in [9.17, 15) is 0 Å². The molecule has 0 N–H and O–H groups in total. The summed E-state index contributed by atoms with van der Waals surface area (Å²) in [5.74, 6) is 0. The summed E-state index contributed by atoms with van der Waals surface area (Å²) in [4.78, 5) is 5.87. The van der Waals surface area contributed by atoms with E-state index in [4.69, 9.17) is 4.74 Å². The summed E-state index contributed by atoms with van der Waals surface area (Å²) in [5.41, 5.74) is 1.50. The van der Waals surface area contributed by atoms with Crippen molar-refractivity contribution in [1.29, 1.82) is 0 Å². The zero-order chi connectivity index (χ0) is 11.5. The van der Waals surface area contributed by atoms with E-state index in [0.29, 0.717) is 0 Å². The minimum absolute atomic E-state index is 0.242. The molecule has 1 aliphatic rings. The van der Waals surface area contributed by atoms with Gasteiger partial charge in [-0.1, -0.05) is 27.7 Å². The number of thiazole rings is 1. The minimum atomic E-state index is 0.242. The Bertz CT molecular complexity index is 317. The number of ether oxygens (including phenoxy) is 1. The van der Waals surface area contributed by atoms with Gasteiger partial charge >= 0.3 is 0 Å². The van der Waals surface area contributed by atoms with Crippen molar-refractivity contribution in [2.45, 2.75) is 47.6 Å². The monoisotopic (exact) mass is 227 g/mol. The van der Waals surface area contributed by atoms with Crippen LogP contribution in [-0.2, 0) is 17.8 Å². The van der Waals surface area contributed by atoms with E-state index in [1.54, 1.807) is 11.3 Å². The lowest BCUT2D eigenvalue weighted by molar-refractivity contribution is 0.0617. The Morgan fingerprint density at radius 3 is 2.67 bits per heavy atom. The van der Waals surface area contributed by atoms with Crippen LogP contribution in [-0.4, -0.2) is 11.6 Å². The predicted molar refractivity (Wildman–Crippen MR) is 65.3 cm³/mol. The molecule has 0 amide bonds. The van der Waals surface area contributed by atoms with Gasteiger partial charge in [0.1, 0.15) is 0 Å². The second kappa shape index (κ2) is 5.08. The fraction of sp³-hybridized carbons (Fsp3) is 0.750. The Morgan fingerprint density at radius 1 is 1.33 bits per heavy atom. The number of aryl methyl sites for hydroxylation is 1. The fourth-order valence-corrected chi connectivity index (χ4v) is 2.58. The quantitative estimate of drug-likeness (QED) is 0.676. The minimum Gasteiger partial charge on any atom is -0.375 e. The van der Waals surface area contributed by atoms with Crippen LogP contribution in [0.4, 0.5) is 0 Å². The first kappa shape index (κ1) is 12.7. The molecule has 2 nitrogen and oxygen atoms in total. The third-order valence-corrected chi connectivity index (χ3v) is 3.24. The zero-order valence-corrected chi connectivity index (χ0v) is 11.2. The number of hydrogen-bond donors (Lipinski definition) is 0. The van der Waals surface area contributed by atoms with Crippen molar-refractivity contribution in [3.8, 4) is 0 Å². The third-order valence-electron chi connectivity index (χ3n) is 2.26. The topological polar surface area (TPSA) is 22.1 Å². The van der Waals surface area contributed by atoms with Crippen LogP contribution in [0, 0.1) is 12.3 Å². The standard InChI is InChI=1S/C10H15NOS.C2H6/c1-7-11-8-4-10(2,3)6-12-5-9(8)13-7;1-2/h4-6H2,1-3H3;1-2H3. The molecule has 1 aromatic rings. The van der Waals surface area contributed by atoms with Crippen LogP contribution in [0.25, 0.3) is 0 Å². The Labute approximate surface area is 96.7 Å². The van der Waals surface area contributed by atoms with Crippen molar-refractivity contribution in [3.63, 3.8) is 0 Å². The van der Waals surface area contributed by atoms with E-state index in [-0.39, 0.29) is 5.41 Å². The first-order chi connectivity index (χ1) is 7.07. The summed E-state index contributed by atoms with van der Waals surface area (Å²) in [7, 11) is 0. The number of nitrogens with zero attached hydrogens (tertiary/aromatic N) is 1. The van der Waals surface area contributed by atoms with Gasteiger partial charge in [-0.15, -0.1) is 11.3 Å². The van der Waals surface area contributed by atoms with Crippen LogP contribution >= 0.6 is 11.3 Å². The summed E-state index contributed by atoms with van der Waals surface area (Å²) in [6.45, 7) is 12.1. The fourth-order valence-electron chi connectivity index (χ4n) is 1.69. The lowest BCUT2D eigenvalue weighted by Gasteiger charge is -2.20. The molecule has 1 aromatic heterocycles. The maximum atomic E-state index is 5.62. The van der Waals surface area contributed by atoms with Crippen molar-refractivity contribution in [2.75, 3.05) is 6.61 Å². The van der Waals surface area contributed by atoms with Gasteiger partial charge in [0.25, 0.3) is 0 Å². The molecule has 3 heteroatoms. The summed E-state index contributed by atoms with van der Waals surface area (Å²) < 4.78 is 5.62. The van der Waals surface area contributed by atoms with Gasteiger partial charge in [-0.3, -0.25) is 0 Å². The molecule has 0 aliphatic carbocycles. The van der Waals surface area contributed by atoms with Crippen LogP contribution in [0.5, 0.6) is 0 Å². The first-order valence-electron chi connectivity index (χ1n) is 5.60. The number of hydrogen-bond acceptors (Lipinski definition) is 3. The predicted octanol–water partition coefficient (Wildman–Crippen LogP) is 3.58. The maximum absolute atomic E-state index is 5.62. The molecule has 86 valence electrons. The van der Waals surface area contributed by atoms with E-state index in [1.165, 1.54) is 10.6 Å². The van der Waals surface area contributed by atoms with Crippen LogP contribution in [0.15, 0.2) is 0 Å². The lowest BCUT2D eigenvalue weighted by atomic mass is 9.89. The van der Waals surface area contributed by atoms with Crippen molar-refractivity contribution >= 4 is 11.3 Å². The average molecular weight is 227 g/mol. The molecule has 2 heterocycles. The van der Waals surface area contributed by atoms with Crippen molar-refractivity contribution in [2.24, 2.45) is 5.41 Å². The highest BCUT2D eigenvalue weighted by atomic mass is 32.1. The van der Waals surface area contributed by atoms with E-state index in [2.05, 4.69) is 25.8 Å². The number of aromatic nitrogens is 1. The summed E-state index contributed by atoms with van der Waals surface area (Å²) in [6.07, 6.45) is 1.05. The van der Waals surface area contributed by atoms with Crippen molar-refractivity contribution < 1.29 is 4.74 Å². The van der Waals surface area contributed by atoms with Crippen LogP contribution < -0.4 is 0 Å². The third kappa shape index (κ3) is 3.28. The molecule has 0 aromatic carbocycles. The van der Waals surface area contributed by atoms with E-state index < -0.39 is 0 Å². The Morgan fingerprint density at radius 2 is 2.00 bits per heavy atom. The highest BCUT2D eigenvalue weighted by Gasteiger charge is 2.26. The van der Waals surface area contributed by atoms with E-state index >= 15 is 0 Å². The second-order valence-corrected chi connectivity index (χ2v) is 5.72. The summed E-state index contributed by atoms with van der Waals surface area (Å²) >= 11 is 1.77. The van der Waals surface area contributed by atoms with Crippen LogP contribution in [0.3, 0.4) is 0 Å². The molecule has 15 heavy (non-hydrogen) atoms. The Kier molecular flexibility index (Phi) is 4.29. The highest BCUT2D eigenvalue weighted by molar-refractivity contribution is 7.11. The van der Waals surface area contributed by atoms with Crippen LogP contribution in [0.2, 0.25) is 0 Å². The molecular weight excluding hydrogens is 206 g/mol. The normalized spacial score (nSPS) is 18.5. The van der Waals surface area contributed by atoms with Gasteiger partial charge < -0.3 is 4.74 Å². The summed E-state index contributed by atoms with van der Waals surface area (Å²) in [6, 6.07) is 0. The molecule has 0 bridgehead atoms. The Hall–Kier alpha value is -0.410. The molecule has 0 saturated carbocycles. The van der Waals surface area contributed by atoms with Gasteiger partial charge in [-0.05, 0) is 18.8 Å². The largest absolute Gasteiger partial charge is 0.375 e. The van der Waals surface area contributed by atoms with Gasteiger partial charge in [-0.2, -0.15) is 0 Å². The smallest absolute Gasteiger partial charge is 0.0901 e. The van der Waals surface area contributed by atoms with Gasteiger partial charge in [0.15, 0.2) is 0 Å². The van der Waals surface area contributed by atoms with E-state index in [1.807, 2.05) is 13.8 Å². The highest BCUT2D eigenvalue weighted by Crippen LogP contribution is 2.30. The Balaban J connectivity index is 0.000000531. The molecule has 0 saturated heterocycles. The van der Waals surface area contributed by atoms with Crippen molar-refractivity contribution in [3.05, 3.63) is 15.6 Å². The van der Waals surface area contributed by atoms with Crippen LogP contribution in [0.1, 0.15) is 43.3 Å². The number of fused-ring (bicyclic) bond motifs is 1. The molecule has 0 unspecified atom stereocenters. The SMILES string of the molecule is CC.Cc1nc2c(s1)COCC(C)(C)C2. The lowest BCUT2D eigenvalue weighted by Crippen LogP contribution is -2.19. The second-order valence-electron chi connectivity index (χ2n) is 4.44. The molecular formula is C12H21NOS. The van der Waals surface area contributed by atoms with Gasteiger partial charge in [0.05, 0.1) is 28.8 Å². The number of rotatable bonds is 0. The molecule has 0 radical (unpaired) electrons. The van der Waals surface area contributed by atoms with Gasteiger partial charge in [0.2, 0.25) is 0 Å². The van der Waals surface area contributed by atoms with Crippen molar-refractivity contribution in [1.82, 2.24) is 4.98 Å². The molecule has 1 aliphatic heterocycles. The molecule has 0 spiro atoms. The van der Waals surface area contributed by atoms with Gasteiger partial charge in [0, 0.05) is 0 Å². The molecule has 0 atom stereocenters. The van der Waals surface area contributed by atoms with E-state index in [0.717, 1.165) is 24.6 Å². The first-order valence-corrected chi connectivity index (χ1v) is 6.41. The summed E-state index contributed by atoms with van der Waals surface area (Å²) in [5, 5.41) is 1.16. The molecule has 0 fully saturated rings. The molecule has 2 rings (SSSR count). The van der Waals surface area contributed by atoms with Gasteiger partial charge in [-0.25, -0.2) is 4.98 Å². The maximum Gasteiger partial charge on any atom is 0.0901 e. The zero-order valence-electron chi connectivity index (χ0n) is 10.4. The average Bonchev–Trinajstić information content (AvgIpc) is 2.42.